The Hall–Kier alpha value is -1.54. The Labute approximate surface area is 96.3 Å². The fourth-order valence-electron chi connectivity index (χ4n) is 2.06. The first-order chi connectivity index (χ1) is 7.83. The van der Waals surface area contributed by atoms with Crippen molar-refractivity contribution >= 4 is 0 Å². The number of furan rings is 1. The fraction of sp³-hybridized carbons (Fsp3) is 0.286. The summed E-state index contributed by atoms with van der Waals surface area (Å²) >= 11 is 0. The molecule has 2 atom stereocenters. The van der Waals surface area contributed by atoms with Gasteiger partial charge in [-0.25, -0.2) is 0 Å². The predicted molar refractivity (Wildman–Crippen MR) is 65.4 cm³/mol. The summed E-state index contributed by atoms with van der Waals surface area (Å²) in [7, 11) is 1.96. The average molecular weight is 215 g/mol. The van der Waals surface area contributed by atoms with Crippen LogP contribution in [0.25, 0.3) is 0 Å². The topological polar surface area (TPSA) is 25.2 Å². The minimum Gasteiger partial charge on any atom is -0.468 e. The molecule has 2 heteroatoms. The molecule has 0 bridgehead atoms. The van der Waals surface area contributed by atoms with Gasteiger partial charge in [-0.3, -0.25) is 0 Å². The van der Waals surface area contributed by atoms with Crippen LogP contribution < -0.4 is 5.32 Å². The lowest BCUT2D eigenvalue weighted by atomic mass is 9.92. The minimum atomic E-state index is 0.220. The Morgan fingerprint density at radius 3 is 2.38 bits per heavy atom. The quantitative estimate of drug-likeness (QED) is 0.846. The minimum absolute atomic E-state index is 0.220. The van der Waals surface area contributed by atoms with Gasteiger partial charge in [0.1, 0.15) is 5.76 Å². The van der Waals surface area contributed by atoms with E-state index in [-0.39, 0.29) is 6.04 Å². The zero-order chi connectivity index (χ0) is 11.4. The highest BCUT2D eigenvalue weighted by Gasteiger charge is 2.20. The molecule has 1 heterocycles. The summed E-state index contributed by atoms with van der Waals surface area (Å²) < 4.78 is 5.47. The summed E-state index contributed by atoms with van der Waals surface area (Å²) in [6.45, 7) is 2.21. The average Bonchev–Trinajstić information content (AvgIpc) is 2.85. The standard InChI is InChI=1S/C14H17NO/c1-11(12-7-4-3-5-8-12)14(15-2)13-9-6-10-16-13/h3-11,14-15H,1-2H3/t11-,14-/m0/s1. The van der Waals surface area contributed by atoms with Crippen molar-refractivity contribution in [3.8, 4) is 0 Å². The zero-order valence-electron chi connectivity index (χ0n) is 9.68. The van der Waals surface area contributed by atoms with Crippen molar-refractivity contribution in [3.63, 3.8) is 0 Å². The van der Waals surface area contributed by atoms with Crippen molar-refractivity contribution in [1.29, 1.82) is 0 Å². The van der Waals surface area contributed by atoms with Gasteiger partial charge in [0.05, 0.1) is 12.3 Å². The summed E-state index contributed by atoms with van der Waals surface area (Å²) in [5.74, 6) is 1.37. The Morgan fingerprint density at radius 2 is 1.81 bits per heavy atom. The van der Waals surface area contributed by atoms with Crippen LogP contribution >= 0.6 is 0 Å². The SMILES string of the molecule is CN[C@H](c1ccco1)[C@@H](C)c1ccccc1. The number of benzene rings is 1. The van der Waals surface area contributed by atoms with E-state index >= 15 is 0 Å². The second-order valence-corrected chi connectivity index (χ2v) is 3.98. The summed E-state index contributed by atoms with van der Waals surface area (Å²) in [5.41, 5.74) is 1.32. The van der Waals surface area contributed by atoms with E-state index in [0.717, 1.165) is 5.76 Å². The van der Waals surface area contributed by atoms with Crippen LogP contribution in [-0.4, -0.2) is 7.05 Å². The molecule has 0 saturated heterocycles. The molecule has 84 valence electrons. The maximum Gasteiger partial charge on any atom is 0.121 e. The van der Waals surface area contributed by atoms with E-state index < -0.39 is 0 Å². The lowest BCUT2D eigenvalue weighted by molar-refractivity contribution is 0.395. The van der Waals surface area contributed by atoms with Crippen LogP contribution in [0.15, 0.2) is 53.1 Å². The van der Waals surface area contributed by atoms with Crippen molar-refractivity contribution in [2.24, 2.45) is 0 Å². The monoisotopic (exact) mass is 215 g/mol. The highest BCUT2D eigenvalue weighted by molar-refractivity contribution is 5.23. The summed E-state index contributed by atoms with van der Waals surface area (Å²) in [6.07, 6.45) is 1.72. The molecule has 16 heavy (non-hydrogen) atoms. The molecule has 1 aromatic carbocycles. The third-order valence-corrected chi connectivity index (χ3v) is 2.99. The molecule has 0 aliphatic heterocycles. The molecule has 0 spiro atoms. The van der Waals surface area contributed by atoms with E-state index in [1.165, 1.54) is 5.56 Å². The van der Waals surface area contributed by atoms with Gasteiger partial charge in [0.15, 0.2) is 0 Å². The van der Waals surface area contributed by atoms with Gasteiger partial charge in [-0.2, -0.15) is 0 Å². The Morgan fingerprint density at radius 1 is 1.06 bits per heavy atom. The third kappa shape index (κ3) is 2.17. The maximum absolute atomic E-state index is 5.47. The third-order valence-electron chi connectivity index (χ3n) is 2.99. The largest absolute Gasteiger partial charge is 0.468 e. The van der Waals surface area contributed by atoms with Crippen molar-refractivity contribution in [2.45, 2.75) is 18.9 Å². The molecule has 2 rings (SSSR count). The first-order valence-electron chi connectivity index (χ1n) is 5.58. The van der Waals surface area contributed by atoms with E-state index in [9.17, 15) is 0 Å². The van der Waals surface area contributed by atoms with Crippen LogP contribution in [0.4, 0.5) is 0 Å². The van der Waals surface area contributed by atoms with Crippen molar-refractivity contribution in [3.05, 3.63) is 60.1 Å². The second kappa shape index (κ2) is 4.99. The van der Waals surface area contributed by atoms with Gasteiger partial charge < -0.3 is 9.73 Å². The molecule has 2 aromatic rings. The van der Waals surface area contributed by atoms with Gasteiger partial charge in [-0.05, 0) is 24.7 Å². The van der Waals surface area contributed by atoms with E-state index in [4.69, 9.17) is 4.42 Å². The van der Waals surface area contributed by atoms with Gasteiger partial charge in [0.25, 0.3) is 0 Å². The van der Waals surface area contributed by atoms with Gasteiger partial charge in [-0.15, -0.1) is 0 Å². The Bertz CT molecular complexity index is 408. The van der Waals surface area contributed by atoms with E-state index in [1.54, 1.807) is 6.26 Å². The predicted octanol–water partition coefficient (Wildman–Crippen LogP) is 3.34. The highest BCUT2D eigenvalue weighted by atomic mass is 16.3. The number of nitrogens with one attached hydrogen (secondary N) is 1. The van der Waals surface area contributed by atoms with Crippen LogP contribution in [-0.2, 0) is 0 Å². The maximum atomic E-state index is 5.47. The second-order valence-electron chi connectivity index (χ2n) is 3.98. The van der Waals surface area contributed by atoms with Gasteiger partial charge >= 0.3 is 0 Å². The number of rotatable bonds is 4. The molecular weight excluding hydrogens is 198 g/mol. The van der Waals surface area contributed by atoms with E-state index in [1.807, 2.05) is 25.2 Å². The van der Waals surface area contributed by atoms with E-state index in [0.29, 0.717) is 5.92 Å². The molecule has 0 unspecified atom stereocenters. The van der Waals surface area contributed by atoms with Crippen molar-refractivity contribution in [2.75, 3.05) is 7.05 Å². The van der Waals surface area contributed by atoms with Crippen LogP contribution in [0.1, 0.15) is 30.2 Å². The number of hydrogen-bond donors (Lipinski definition) is 1. The fourth-order valence-corrected chi connectivity index (χ4v) is 2.06. The first kappa shape index (κ1) is 11.0. The Balaban J connectivity index is 2.23. The lowest BCUT2D eigenvalue weighted by Gasteiger charge is -2.21. The smallest absolute Gasteiger partial charge is 0.121 e. The Kier molecular flexibility index (Phi) is 3.42. The summed E-state index contributed by atoms with van der Waals surface area (Å²) in [6, 6.07) is 14.6. The molecule has 0 aliphatic rings. The molecule has 1 N–H and O–H groups in total. The molecule has 0 aliphatic carbocycles. The van der Waals surface area contributed by atoms with Crippen LogP contribution in [0, 0.1) is 0 Å². The molecular formula is C14H17NO. The molecule has 0 amide bonds. The highest BCUT2D eigenvalue weighted by Crippen LogP contribution is 2.30. The van der Waals surface area contributed by atoms with Crippen LogP contribution in [0.2, 0.25) is 0 Å². The molecule has 0 fully saturated rings. The summed E-state index contributed by atoms with van der Waals surface area (Å²) in [5, 5.41) is 3.31. The molecule has 0 saturated carbocycles. The molecule has 0 radical (unpaired) electrons. The zero-order valence-corrected chi connectivity index (χ0v) is 9.68. The van der Waals surface area contributed by atoms with E-state index in [2.05, 4.69) is 36.5 Å². The van der Waals surface area contributed by atoms with Crippen molar-refractivity contribution in [1.82, 2.24) is 5.32 Å². The normalized spacial score (nSPS) is 14.6. The molecule has 2 nitrogen and oxygen atoms in total. The first-order valence-corrected chi connectivity index (χ1v) is 5.58. The van der Waals surface area contributed by atoms with Crippen LogP contribution in [0.3, 0.4) is 0 Å². The van der Waals surface area contributed by atoms with Crippen LogP contribution in [0.5, 0.6) is 0 Å². The van der Waals surface area contributed by atoms with Gasteiger partial charge in [0, 0.05) is 5.92 Å². The van der Waals surface area contributed by atoms with Gasteiger partial charge in [0.2, 0.25) is 0 Å². The lowest BCUT2D eigenvalue weighted by Crippen LogP contribution is -2.21. The van der Waals surface area contributed by atoms with Gasteiger partial charge in [-0.1, -0.05) is 37.3 Å². The number of likely N-dealkylation sites (N-methyl/N-ethyl adjacent to an activating group) is 1. The molecule has 1 aromatic heterocycles. The number of hydrogen-bond acceptors (Lipinski definition) is 2. The summed E-state index contributed by atoms with van der Waals surface area (Å²) in [4.78, 5) is 0. The van der Waals surface area contributed by atoms with Crippen molar-refractivity contribution < 1.29 is 4.42 Å².